The zero-order chi connectivity index (χ0) is 19.1. The fourth-order valence-electron chi connectivity index (χ4n) is 2.95. The maximum Gasteiger partial charge on any atom is 0.217 e. The van der Waals surface area contributed by atoms with E-state index >= 15 is 0 Å². The fourth-order valence-corrected chi connectivity index (χ4v) is 2.95. The minimum absolute atomic E-state index is 0.284. The molecule has 4 heteroatoms. The van der Waals surface area contributed by atoms with E-state index in [1.807, 2.05) is 36.4 Å². The van der Waals surface area contributed by atoms with Crippen LogP contribution in [0.15, 0.2) is 72.8 Å². The average Bonchev–Trinajstić information content (AvgIpc) is 2.72. The van der Waals surface area contributed by atoms with Gasteiger partial charge in [0, 0.05) is 13.0 Å². The summed E-state index contributed by atoms with van der Waals surface area (Å²) in [5.74, 6) is 0.517. The van der Waals surface area contributed by atoms with Gasteiger partial charge in [0.1, 0.15) is 12.4 Å². The van der Waals surface area contributed by atoms with Crippen LogP contribution in [-0.2, 0) is 24.4 Å². The Morgan fingerprint density at radius 2 is 1.52 bits per heavy atom. The highest BCUT2D eigenvalue weighted by molar-refractivity contribution is 5.74. The Labute approximate surface area is 159 Å². The van der Waals surface area contributed by atoms with Crippen LogP contribution < -0.4 is 16.2 Å². The maximum absolute atomic E-state index is 10.8. The zero-order valence-electron chi connectivity index (χ0n) is 15.2. The van der Waals surface area contributed by atoms with Crippen molar-refractivity contribution in [3.05, 3.63) is 89.5 Å². The number of ether oxygens (including phenoxy) is 1. The molecule has 0 heterocycles. The number of benzene rings is 3. The van der Waals surface area contributed by atoms with Crippen molar-refractivity contribution in [3.63, 3.8) is 0 Å². The lowest BCUT2D eigenvalue weighted by molar-refractivity contribution is -0.117. The Morgan fingerprint density at radius 3 is 2.19 bits per heavy atom. The van der Waals surface area contributed by atoms with E-state index in [-0.39, 0.29) is 5.91 Å². The lowest BCUT2D eigenvalue weighted by atomic mass is 9.99. The summed E-state index contributed by atoms with van der Waals surface area (Å²) in [4.78, 5) is 10.8. The van der Waals surface area contributed by atoms with Crippen molar-refractivity contribution < 1.29 is 9.53 Å². The summed E-state index contributed by atoms with van der Waals surface area (Å²) in [6.07, 6.45) is 1.02. The first-order valence-corrected chi connectivity index (χ1v) is 9.03. The number of amides is 1. The van der Waals surface area contributed by atoms with Crippen LogP contribution in [0.3, 0.4) is 0 Å². The van der Waals surface area contributed by atoms with Crippen LogP contribution in [-0.4, -0.2) is 5.91 Å². The van der Waals surface area contributed by atoms with Crippen molar-refractivity contribution in [3.8, 4) is 16.9 Å². The first kappa shape index (κ1) is 18.7. The van der Waals surface area contributed by atoms with Crippen molar-refractivity contribution in [2.75, 3.05) is 0 Å². The van der Waals surface area contributed by atoms with E-state index in [1.54, 1.807) is 0 Å². The number of hydrogen-bond donors (Lipinski definition) is 2. The quantitative estimate of drug-likeness (QED) is 0.641. The molecule has 0 unspecified atom stereocenters. The molecule has 0 saturated carbocycles. The van der Waals surface area contributed by atoms with Gasteiger partial charge in [0.15, 0.2) is 0 Å². The maximum atomic E-state index is 10.8. The van der Waals surface area contributed by atoms with Crippen molar-refractivity contribution in [2.45, 2.75) is 26.0 Å². The van der Waals surface area contributed by atoms with Crippen LogP contribution >= 0.6 is 0 Å². The predicted molar refractivity (Wildman–Crippen MR) is 108 cm³/mol. The molecular weight excluding hydrogens is 336 g/mol. The molecule has 0 atom stereocenters. The largest absolute Gasteiger partial charge is 0.489 e. The Bertz CT molecular complexity index is 887. The van der Waals surface area contributed by atoms with E-state index < -0.39 is 0 Å². The van der Waals surface area contributed by atoms with E-state index in [0.29, 0.717) is 26.0 Å². The third-order valence-corrected chi connectivity index (χ3v) is 4.49. The van der Waals surface area contributed by atoms with E-state index in [9.17, 15) is 4.79 Å². The third-order valence-electron chi connectivity index (χ3n) is 4.49. The molecule has 4 nitrogen and oxygen atoms in total. The van der Waals surface area contributed by atoms with Gasteiger partial charge in [-0.15, -0.1) is 0 Å². The molecule has 0 aromatic heterocycles. The molecule has 0 aliphatic heterocycles. The molecule has 0 saturated heterocycles. The molecule has 0 radical (unpaired) electrons. The zero-order valence-corrected chi connectivity index (χ0v) is 15.2. The van der Waals surface area contributed by atoms with Crippen LogP contribution in [0, 0.1) is 0 Å². The second kappa shape index (κ2) is 9.01. The fraction of sp³-hybridized carbons (Fsp3) is 0.174. The molecule has 3 rings (SSSR count). The van der Waals surface area contributed by atoms with Crippen LogP contribution in [0.5, 0.6) is 5.75 Å². The number of rotatable bonds is 8. The van der Waals surface area contributed by atoms with Crippen LogP contribution in [0.4, 0.5) is 0 Å². The number of hydrogen-bond acceptors (Lipinski definition) is 3. The van der Waals surface area contributed by atoms with Gasteiger partial charge in [0.05, 0.1) is 0 Å². The van der Waals surface area contributed by atoms with Crippen LogP contribution in [0.25, 0.3) is 11.1 Å². The molecule has 0 bridgehead atoms. The topological polar surface area (TPSA) is 78.3 Å². The third kappa shape index (κ3) is 5.19. The molecule has 4 N–H and O–H groups in total. The Kier molecular flexibility index (Phi) is 6.23. The summed E-state index contributed by atoms with van der Waals surface area (Å²) >= 11 is 0. The minimum atomic E-state index is -0.284. The minimum Gasteiger partial charge on any atom is -0.489 e. The van der Waals surface area contributed by atoms with Crippen LogP contribution in [0.1, 0.15) is 23.1 Å². The smallest absolute Gasteiger partial charge is 0.217 e. The molecule has 0 aliphatic carbocycles. The molecule has 3 aromatic rings. The van der Waals surface area contributed by atoms with Crippen molar-refractivity contribution >= 4 is 5.91 Å². The summed E-state index contributed by atoms with van der Waals surface area (Å²) < 4.78 is 5.85. The first-order valence-electron chi connectivity index (χ1n) is 9.03. The first-order chi connectivity index (χ1) is 13.2. The highest BCUT2D eigenvalue weighted by atomic mass is 16.5. The molecule has 0 spiro atoms. The normalized spacial score (nSPS) is 10.6. The molecule has 1 amide bonds. The number of aryl methyl sites for hydroxylation is 1. The van der Waals surface area contributed by atoms with Gasteiger partial charge in [-0.25, -0.2) is 0 Å². The summed E-state index contributed by atoms with van der Waals surface area (Å²) in [7, 11) is 0. The summed E-state index contributed by atoms with van der Waals surface area (Å²) in [6.45, 7) is 1.02. The lowest BCUT2D eigenvalue weighted by Gasteiger charge is -2.10. The highest BCUT2D eigenvalue weighted by Gasteiger charge is 2.04. The molecule has 3 aromatic carbocycles. The number of carbonyl (C=O) groups is 1. The molecule has 27 heavy (non-hydrogen) atoms. The SMILES string of the molecule is NCc1ccccc1-c1ccc(COc2ccc(CCC(N)=O)cc2)cc1. The van der Waals surface area contributed by atoms with E-state index in [1.165, 1.54) is 5.56 Å². The molecule has 0 fully saturated rings. The van der Waals surface area contributed by atoms with Gasteiger partial charge in [-0.05, 0) is 46.4 Å². The number of carbonyl (C=O) groups excluding carboxylic acids is 1. The van der Waals surface area contributed by atoms with Gasteiger partial charge >= 0.3 is 0 Å². The number of nitrogens with two attached hydrogens (primary N) is 2. The highest BCUT2D eigenvalue weighted by Crippen LogP contribution is 2.24. The van der Waals surface area contributed by atoms with E-state index in [0.717, 1.165) is 28.0 Å². The van der Waals surface area contributed by atoms with Crippen LogP contribution in [0.2, 0.25) is 0 Å². The van der Waals surface area contributed by atoms with Gasteiger partial charge in [-0.1, -0.05) is 60.7 Å². The number of primary amides is 1. The van der Waals surface area contributed by atoms with Gasteiger partial charge in [-0.3, -0.25) is 4.79 Å². The Balaban J connectivity index is 1.59. The molecular formula is C23H24N2O2. The Morgan fingerprint density at radius 1 is 0.852 bits per heavy atom. The predicted octanol–water partition coefficient (Wildman–Crippen LogP) is 3.81. The van der Waals surface area contributed by atoms with E-state index in [2.05, 4.69) is 36.4 Å². The Hall–Kier alpha value is -3.11. The van der Waals surface area contributed by atoms with Crippen molar-refractivity contribution in [1.29, 1.82) is 0 Å². The van der Waals surface area contributed by atoms with Gasteiger partial charge in [-0.2, -0.15) is 0 Å². The van der Waals surface area contributed by atoms with E-state index in [4.69, 9.17) is 16.2 Å². The van der Waals surface area contributed by atoms with Gasteiger partial charge in [0.2, 0.25) is 5.91 Å². The second-order valence-electron chi connectivity index (χ2n) is 6.46. The molecule has 138 valence electrons. The van der Waals surface area contributed by atoms with Crippen molar-refractivity contribution in [2.24, 2.45) is 11.5 Å². The van der Waals surface area contributed by atoms with Gasteiger partial charge < -0.3 is 16.2 Å². The molecule has 0 aliphatic rings. The summed E-state index contributed by atoms with van der Waals surface area (Å²) in [5.41, 5.74) is 16.6. The van der Waals surface area contributed by atoms with Crippen molar-refractivity contribution in [1.82, 2.24) is 0 Å². The monoisotopic (exact) mass is 360 g/mol. The lowest BCUT2D eigenvalue weighted by Crippen LogP contribution is -2.11. The second-order valence-corrected chi connectivity index (χ2v) is 6.46. The average molecular weight is 360 g/mol. The van der Waals surface area contributed by atoms with Gasteiger partial charge in [0.25, 0.3) is 0 Å². The summed E-state index contributed by atoms with van der Waals surface area (Å²) in [5, 5.41) is 0. The standard InChI is InChI=1S/C23H24N2O2/c24-15-20-3-1-2-4-22(20)19-10-5-18(6-11-19)16-27-21-12-7-17(8-13-21)9-14-23(25)26/h1-8,10-13H,9,14-16,24H2,(H2,25,26). The summed E-state index contributed by atoms with van der Waals surface area (Å²) in [6, 6.07) is 24.3.